The number of amides is 1. The molecule has 10 heteroatoms. The Kier molecular flexibility index (Phi) is 5.69. The molecule has 0 radical (unpaired) electrons. The number of carbonyl (C=O) groups excluding carboxylic acids is 1. The van der Waals surface area contributed by atoms with Gasteiger partial charge in [0, 0.05) is 18.7 Å². The van der Waals surface area contributed by atoms with Crippen molar-refractivity contribution in [2.45, 2.75) is 23.9 Å². The van der Waals surface area contributed by atoms with Crippen LogP contribution < -0.4 is 5.32 Å². The zero-order valence-electron chi connectivity index (χ0n) is 13.1. The average molecular weight is 375 g/mol. The van der Waals surface area contributed by atoms with Crippen LogP contribution in [0.4, 0.5) is 13.2 Å². The molecule has 1 amide bonds. The molecule has 1 N–H and O–H groups in total. The summed E-state index contributed by atoms with van der Waals surface area (Å²) < 4.78 is 63.0. The van der Waals surface area contributed by atoms with Crippen molar-refractivity contribution < 1.29 is 26.4 Å². The van der Waals surface area contributed by atoms with Gasteiger partial charge in [-0.05, 0) is 31.0 Å². The topological polar surface area (TPSA) is 90.3 Å². The molecule has 0 saturated carbocycles. The molecule has 1 aromatic rings. The Labute approximate surface area is 143 Å². The number of hydrogen-bond donors (Lipinski definition) is 1. The van der Waals surface area contributed by atoms with Crippen LogP contribution in [0.3, 0.4) is 0 Å². The second kappa shape index (κ2) is 7.41. The minimum Gasteiger partial charge on any atom is -0.343 e. The highest BCUT2D eigenvalue weighted by molar-refractivity contribution is 7.89. The van der Waals surface area contributed by atoms with Crippen molar-refractivity contribution in [2.24, 2.45) is 5.92 Å². The van der Waals surface area contributed by atoms with E-state index in [-0.39, 0.29) is 23.5 Å². The molecule has 136 valence electrons. The second-order valence-electron chi connectivity index (χ2n) is 5.66. The highest BCUT2D eigenvalue weighted by atomic mass is 32.2. The molecule has 0 aliphatic carbocycles. The van der Waals surface area contributed by atoms with E-state index in [1.165, 1.54) is 18.2 Å². The normalized spacial score (nSPS) is 19.2. The first-order valence-electron chi connectivity index (χ1n) is 7.48. The summed E-state index contributed by atoms with van der Waals surface area (Å²) >= 11 is 0. The Morgan fingerprint density at radius 1 is 1.40 bits per heavy atom. The molecule has 1 fully saturated rings. The van der Waals surface area contributed by atoms with Crippen molar-refractivity contribution in [3.05, 3.63) is 29.8 Å². The van der Waals surface area contributed by atoms with E-state index in [9.17, 15) is 26.4 Å². The Hall–Kier alpha value is -2.12. The van der Waals surface area contributed by atoms with Crippen LogP contribution in [0.5, 0.6) is 0 Å². The van der Waals surface area contributed by atoms with E-state index in [2.05, 4.69) is 0 Å². The average Bonchev–Trinajstić information content (AvgIpc) is 2.59. The van der Waals surface area contributed by atoms with E-state index < -0.39 is 34.6 Å². The fraction of sp³-hybridized carbons (Fsp3) is 0.467. The Morgan fingerprint density at radius 2 is 2.12 bits per heavy atom. The number of hydrogen-bond acceptors (Lipinski definition) is 4. The monoisotopic (exact) mass is 375 g/mol. The number of rotatable bonds is 4. The fourth-order valence-corrected chi connectivity index (χ4v) is 4.07. The van der Waals surface area contributed by atoms with Gasteiger partial charge in [0.2, 0.25) is 10.0 Å². The van der Waals surface area contributed by atoms with Crippen LogP contribution in [0, 0.1) is 17.2 Å². The van der Waals surface area contributed by atoms with E-state index in [1.54, 1.807) is 5.32 Å². The molecule has 0 bridgehead atoms. The molecular weight excluding hydrogens is 359 g/mol. The van der Waals surface area contributed by atoms with Gasteiger partial charge in [-0.2, -0.15) is 22.7 Å². The lowest BCUT2D eigenvalue weighted by Crippen LogP contribution is -2.39. The zero-order chi connectivity index (χ0) is 18.7. The number of benzene rings is 1. The van der Waals surface area contributed by atoms with Gasteiger partial charge in [0.25, 0.3) is 5.91 Å². The third kappa shape index (κ3) is 4.93. The fourth-order valence-electron chi connectivity index (χ4n) is 2.50. The largest absolute Gasteiger partial charge is 0.405 e. The Balaban J connectivity index is 2.19. The van der Waals surface area contributed by atoms with Crippen LogP contribution in [0.15, 0.2) is 29.2 Å². The van der Waals surface area contributed by atoms with Crippen molar-refractivity contribution in [1.82, 2.24) is 9.62 Å². The van der Waals surface area contributed by atoms with Gasteiger partial charge in [0.1, 0.15) is 6.54 Å². The first kappa shape index (κ1) is 19.2. The molecule has 1 aliphatic rings. The number of piperidine rings is 1. The van der Waals surface area contributed by atoms with Gasteiger partial charge in [-0.1, -0.05) is 6.07 Å². The third-order valence-corrected chi connectivity index (χ3v) is 5.61. The van der Waals surface area contributed by atoms with Crippen LogP contribution in [0.25, 0.3) is 0 Å². The van der Waals surface area contributed by atoms with Crippen LogP contribution in [0.1, 0.15) is 23.2 Å². The predicted octanol–water partition coefficient (Wildman–Crippen LogP) is 1.90. The van der Waals surface area contributed by atoms with Gasteiger partial charge in [-0.15, -0.1) is 0 Å². The predicted molar refractivity (Wildman–Crippen MR) is 81.9 cm³/mol. The second-order valence-corrected chi connectivity index (χ2v) is 7.59. The van der Waals surface area contributed by atoms with Crippen molar-refractivity contribution in [1.29, 1.82) is 5.26 Å². The molecule has 1 saturated heterocycles. The summed E-state index contributed by atoms with van der Waals surface area (Å²) in [4.78, 5) is 11.6. The maximum atomic E-state index is 12.6. The lowest BCUT2D eigenvalue weighted by Gasteiger charge is -2.28. The van der Waals surface area contributed by atoms with E-state index >= 15 is 0 Å². The highest BCUT2D eigenvalue weighted by Crippen LogP contribution is 2.24. The maximum Gasteiger partial charge on any atom is 0.405 e. The lowest BCUT2D eigenvalue weighted by atomic mass is 10.0. The summed E-state index contributed by atoms with van der Waals surface area (Å²) in [6.45, 7) is -1.19. The zero-order valence-corrected chi connectivity index (χ0v) is 13.9. The van der Waals surface area contributed by atoms with Crippen molar-refractivity contribution in [2.75, 3.05) is 19.6 Å². The molecular formula is C15H16F3N3O3S. The number of alkyl halides is 3. The first-order chi connectivity index (χ1) is 11.6. The standard InChI is InChI=1S/C15H16F3N3O3S/c16-15(17,18)10-20-14(22)12-4-1-5-13(7-12)25(23,24)21-6-2-3-11(8-19)9-21/h1,4-5,7,11H,2-3,6,9-10H2,(H,20,22). The van der Waals surface area contributed by atoms with Gasteiger partial charge >= 0.3 is 6.18 Å². The van der Waals surface area contributed by atoms with Gasteiger partial charge in [-0.3, -0.25) is 4.79 Å². The van der Waals surface area contributed by atoms with Gasteiger partial charge in [0.15, 0.2) is 0 Å². The summed E-state index contributed by atoms with van der Waals surface area (Å²) in [6, 6.07) is 6.88. The van der Waals surface area contributed by atoms with Gasteiger partial charge in [0.05, 0.1) is 16.9 Å². The molecule has 1 aliphatic heterocycles. The Morgan fingerprint density at radius 3 is 2.76 bits per heavy atom. The number of nitrogens with zero attached hydrogens (tertiary/aromatic N) is 2. The number of sulfonamides is 1. The number of nitriles is 1. The third-order valence-electron chi connectivity index (χ3n) is 3.75. The molecule has 0 spiro atoms. The molecule has 0 aromatic heterocycles. The number of halogens is 3. The minimum absolute atomic E-state index is 0.0589. The summed E-state index contributed by atoms with van der Waals surface area (Å²) in [7, 11) is -3.92. The minimum atomic E-state index is -4.56. The SMILES string of the molecule is N#CC1CCCN(S(=O)(=O)c2cccc(C(=O)NCC(F)(F)F)c2)C1. The molecule has 2 rings (SSSR count). The highest BCUT2D eigenvalue weighted by Gasteiger charge is 2.31. The summed E-state index contributed by atoms with van der Waals surface area (Å²) in [6.07, 6.45) is -3.40. The molecule has 1 aromatic carbocycles. The first-order valence-corrected chi connectivity index (χ1v) is 8.92. The van der Waals surface area contributed by atoms with Crippen LogP contribution in [0.2, 0.25) is 0 Å². The van der Waals surface area contributed by atoms with E-state index in [0.717, 1.165) is 10.4 Å². The van der Waals surface area contributed by atoms with Crippen molar-refractivity contribution in [3.8, 4) is 6.07 Å². The van der Waals surface area contributed by atoms with E-state index in [4.69, 9.17) is 5.26 Å². The molecule has 25 heavy (non-hydrogen) atoms. The van der Waals surface area contributed by atoms with Crippen molar-refractivity contribution in [3.63, 3.8) is 0 Å². The maximum absolute atomic E-state index is 12.6. The molecule has 1 unspecified atom stereocenters. The number of carbonyl (C=O) groups is 1. The molecule has 1 heterocycles. The summed E-state index contributed by atoms with van der Waals surface area (Å²) in [5.74, 6) is -1.41. The quantitative estimate of drug-likeness (QED) is 0.870. The Bertz CT molecular complexity index is 787. The van der Waals surface area contributed by atoms with Crippen LogP contribution in [-0.2, 0) is 10.0 Å². The molecule has 6 nitrogen and oxygen atoms in total. The molecule has 1 atom stereocenters. The smallest absolute Gasteiger partial charge is 0.343 e. The number of nitrogens with one attached hydrogen (secondary N) is 1. The van der Waals surface area contributed by atoms with Gasteiger partial charge in [-0.25, -0.2) is 8.42 Å². The lowest BCUT2D eigenvalue weighted by molar-refractivity contribution is -0.123. The summed E-state index contributed by atoms with van der Waals surface area (Å²) in [5.41, 5.74) is -0.181. The van der Waals surface area contributed by atoms with Crippen LogP contribution in [-0.4, -0.2) is 44.4 Å². The van der Waals surface area contributed by atoms with Crippen molar-refractivity contribution >= 4 is 15.9 Å². The van der Waals surface area contributed by atoms with Gasteiger partial charge < -0.3 is 5.32 Å². The van der Waals surface area contributed by atoms with Crippen LogP contribution >= 0.6 is 0 Å². The van der Waals surface area contributed by atoms with E-state index in [1.807, 2.05) is 6.07 Å². The van der Waals surface area contributed by atoms with E-state index in [0.29, 0.717) is 12.8 Å². The summed E-state index contributed by atoms with van der Waals surface area (Å²) in [5, 5.41) is 10.7.